The van der Waals surface area contributed by atoms with Crippen molar-refractivity contribution < 1.29 is 4.79 Å². The van der Waals surface area contributed by atoms with Crippen LogP contribution < -0.4 is 0 Å². The molecule has 2 aromatic rings. The van der Waals surface area contributed by atoms with Crippen LogP contribution in [-0.4, -0.2) is 34.7 Å². The van der Waals surface area contributed by atoms with E-state index in [4.69, 9.17) is 0 Å². The number of benzene rings is 1. The van der Waals surface area contributed by atoms with E-state index < -0.39 is 0 Å². The van der Waals surface area contributed by atoms with Crippen molar-refractivity contribution in [1.82, 2.24) is 14.9 Å². The quantitative estimate of drug-likeness (QED) is 0.577. The topological polar surface area (TPSA) is 46.1 Å². The molecule has 0 saturated carbocycles. The molecule has 0 spiro atoms. The Bertz CT molecular complexity index is 658. The summed E-state index contributed by atoms with van der Waals surface area (Å²) < 4.78 is 0. The molecule has 0 atom stereocenters. The summed E-state index contributed by atoms with van der Waals surface area (Å²) in [4.78, 5) is 22.1. The third-order valence-electron chi connectivity index (χ3n) is 3.50. The Balaban J connectivity index is 2.08. The molecule has 1 heterocycles. The van der Waals surface area contributed by atoms with E-state index in [1.165, 1.54) is 24.5 Å². The van der Waals surface area contributed by atoms with Crippen LogP contribution in [0.4, 0.5) is 0 Å². The highest BCUT2D eigenvalue weighted by Crippen LogP contribution is 2.19. The predicted molar refractivity (Wildman–Crippen MR) is 93.2 cm³/mol. The van der Waals surface area contributed by atoms with Gasteiger partial charge in [-0.2, -0.15) is 0 Å². The van der Waals surface area contributed by atoms with Crippen LogP contribution in [0.2, 0.25) is 0 Å². The molecule has 1 aromatic carbocycles. The molecule has 1 aromatic heterocycles. The largest absolute Gasteiger partial charge is 0.383 e. The summed E-state index contributed by atoms with van der Waals surface area (Å²) in [7, 11) is 3.72. The van der Waals surface area contributed by atoms with E-state index >= 15 is 0 Å². The fourth-order valence-electron chi connectivity index (χ4n) is 2.14. The maximum Gasteiger partial charge on any atom is 0.224 e. The van der Waals surface area contributed by atoms with E-state index in [0.29, 0.717) is 0 Å². The maximum atomic E-state index is 11.9. The summed E-state index contributed by atoms with van der Waals surface area (Å²) in [6.45, 7) is 2.20. The monoisotopic (exact) mass is 309 g/mol. The average molecular weight is 309 g/mol. The van der Waals surface area contributed by atoms with Crippen LogP contribution in [0.25, 0.3) is 11.1 Å². The van der Waals surface area contributed by atoms with Crippen molar-refractivity contribution >= 4 is 5.78 Å². The first-order valence-electron chi connectivity index (χ1n) is 7.90. The zero-order valence-electron chi connectivity index (χ0n) is 14.0. The molecule has 0 fully saturated rings. The first-order valence-corrected chi connectivity index (χ1v) is 7.90. The van der Waals surface area contributed by atoms with Gasteiger partial charge in [0.05, 0.1) is 0 Å². The van der Waals surface area contributed by atoms with Crippen LogP contribution in [0.15, 0.2) is 48.9 Å². The van der Waals surface area contributed by atoms with E-state index in [-0.39, 0.29) is 11.6 Å². The molecular weight excluding hydrogens is 286 g/mol. The van der Waals surface area contributed by atoms with Crippen molar-refractivity contribution in [2.75, 3.05) is 14.1 Å². The van der Waals surface area contributed by atoms with E-state index in [2.05, 4.69) is 41.2 Å². The lowest BCUT2D eigenvalue weighted by atomic mass is 10.0. The molecule has 23 heavy (non-hydrogen) atoms. The number of nitrogens with zero attached hydrogens (tertiary/aromatic N) is 3. The maximum absolute atomic E-state index is 11.9. The smallest absolute Gasteiger partial charge is 0.224 e. The van der Waals surface area contributed by atoms with Gasteiger partial charge in [0.1, 0.15) is 0 Å². The Kier molecular flexibility index (Phi) is 6.03. The van der Waals surface area contributed by atoms with Crippen LogP contribution in [0.1, 0.15) is 35.9 Å². The molecule has 0 unspecified atom stereocenters. The van der Waals surface area contributed by atoms with Crippen molar-refractivity contribution in [2.45, 2.75) is 26.2 Å². The van der Waals surface area contributed by atoms with Gasteiger partial charge < -0.3 is 4.90 Å². The van der Waals surface area contributed by atoms with Gasteiger partial charge in [0.2, 0.25) is 5.78 Å². The van der Waals surface area contributed by atoms with Crippen molar-refractivity contribution in [3.63, 3.8) is 0 Å². The minimum atomic E-state index is -0.194. The number of ketones is 1. The number of aryl methyl sites for hydroxylation is 1. The van der Waals surface area contributed by atoms with Crippen LogP contribution in [0.3, 0.4) is 0 Å². The summed E-state index contributed by atoms with van der Waals surface area (Å²) in [6.07, 6.45) is 10.1. The van der Waals surface area contributed by atoms with Crippen LogP contribution >= 0.6 is 0 Å². The van der Waals surface area contributed by atoms with Gasteiger partial charge in [-0.05, 0) is 24.0 Å². The Labute approximate surface area is 137 Å². The minimum Gasteiger partial charge on any atom is -0.383 e. The highest BCUT2D eigenvalue weighted by atomic mass is 16.1. The van der Waals surface area contributed by atoms with Gasteiger partial charge in [-0.3, -0.25) is 4.79 Å². The SMILES string of the molecule is CCCCc1ccc(-c2cnc(C(=O)C=CN(C)C)nc2)cc1. The van der Waals surface area contributed by atoms with Crippen molar-refractivity contribution in [2.24, 2.45) is 0 Å². The average Bonchev–Trinajstić information content (AvgIpc) is 2.58. The second-order valence-electron chi connectivity index (χ2n) is 5.74. The van der Waals surface area contributed by atoms with E-state index in [1.807, 2.05) is 14.1 Å². The highest BCUT2D eigenvalue weighted by molar-refractivity contribution is 6.01. The van der Waals surface area contributed by atoms with Gasteiger partial charge in [-0.25, -0.2) is 9.97 Å². The molecule has 0 N–H and O–H groups in total. The van der Waals surface area contributed by atoms with E-state index in [1.54, 1.807) is 23.5 Å². The third-order valence-corrected chi connectivity index (χ3v) is 3.50. The van der Waals surface area contributed by atoms with E-state index in [9.17, 15) is 4.79 Å². The van der Waals surface area contributed by atoms with Crippen molar-refractivity contribution in [3.8, 4) is 11.1 Å². The summed E-state index contributed by atoms with van der Waals surface area (Å²) in [5.74, 6) is 0.0200. The first kappa shape index (κ1) is 16.9. The number of carbonyl (C=O) groups is 1. The number of unbranched alkanes of at least 4 members (excludes halogenated alkanes) is 1. The first-order chi connectivity index (χ1) is 11.1. The zero-order valence-corrected chi connectivity index (χ0v) is 14.0. The molecule has 0 amide bonds. The standard InChI is InChI=1S/C19H23N3O/c1-4-5-6-15-7-9-16(10-8-15)17-13-20-19(21-14-17)18(23)11-12-22(2)3/h7-14H,4-6H2,1-3H3. The normalized spacial score (nSPS) is 10.9. The number of hydrogen-bond donors (Lipinski definition) is 0. The molecule has 0 aliphatic heterocycles. The Morgan fingerprint density at radius 1 is 1.09 bits per heavy atom. The van der Waals surface area contributed by atoms with Gasteiger partial charge in [-0.1, -0.05) is 37.6 Å². The molecule has 120 valence electrons. The summed E-state index contributed by atoms with van der Waals surface area (Å²) in [6, 6.07) is 8.45. The van der Waals surface area contributed by atoms with Gasteiger partial charge in [0.25, 0.3) is 0 Å². The highest BCUT2D eigenvalue weighted by Gasteiger charge is 2.06. The predicted octanol–water partition coefficient (Wildman–Crippen LogP) is 3.74. The Morgan fingerprint density at radius 2 is 1.74 bits per heavy atom. The van der Waals surface area contributed by atoms with Gasteiger partial charge >= 0.3 is 0 Å². The molecule has 0 bridgehead atoms. The number of hydrogen-bond acceptors (Lipinski definition) is 4. The number of rotatable bonds is 7. The lowest BCUT2D eigenvalue weighted by molar-refractivity contribution is 0.103. The van der Waals surface area contributed by atoms with Crippen LogP contribution in [0, 0.1) is 0 Å². The molecule has 0 radical (unpaired) electrons. The van der Waals surface area contributed by atoms with Crippen molar-refractivity contribution in [3.05, 3.63) is 60.3 Å². The zero-order chi connectivity index (χ0) is 16.7. The van der Waals surface area contributed by atoms with Gasteiger partial charge in [0, 0.05) is 44.3 Å². The minimum absolute atomic E-state index is 0.194. The van der Waals surface area contributed by atoms with Crippen LogP contribution in [0.5, 0.6) is 0 Å². The fourth-order valence-corrected chi connectivity index (χ4v) is 2.14. The molecule has 0 aliphatic carbocycles. The molecule has 0 aliphatic rings. The lowest BCUT2D eigenvalue weighted by Crippen LogP contribution is -2.06. The lowest BCUT2D eigenvalue weighted by Gasteiger charge is -2.05. The third kappa shape index (κ3) is 5.02. The van der Waals surface area contributed by atoms with Crippen molar-refractivity contribution in [1.29, 1.82) is 0 Å². The Hall–Kier alpha value is -2.49. The molecule has 4 nitrogen and oxygen atoms in total. The fraction of sp³-hybridized carbons (Fsp3) is 0.316. The molecule has 4 heteroatoms. The summed E-state index contributed by atoms with van der Waals surface area (Å²) >= 11 is 0. The number of carbonyl (C=O) groups excluding carboxylic acids is 1. The number of aromatic nitrogens is 2. The number of allylic oxidation sites excluding steroid dienone is 1. The second kappa shape index (κ2) is 8.22. The molecule has 0 saturated heterocycles. The second-order valence-corrected chi connectivity index (χ2v) is 5.74. The van der Waals surface area contributed by atoms with Crippen LogP contribution in [-0.2, 0) is 6.42 Å². The molecular formula is C19H23N3O. The molecule has 2 rings (SSSR count). The van der Waals surface area contributed by atoms with E-state index in [0.717, 1.165) is 17.5 Å². The van der Waals surface area contributed by atoms with Gasteiger partial charge in [0.15, 0.2) is 5.82 Å². The Morgan fingerprint density at radius 3 is 2.30 bits per heavy atom. The summed E-state index contributed by atoms with van der Waals surface area (Å²) in [5.41, 5.74) is 3.32. The van der Waals surface area contributed by atoms with Gasteiger partial charge in [-0.15, -0.1) is 0 Å². The summed E-state index contributed by atoms with van der Waals surface area (Å²) in [5, 5.41) is 0.